The van der Waals surface area contributed by atoms with Gasteiger partial charge in [0.05, 0.1) is 22.5 Å². The first kappa shape index (κ1) is 20.2. The number of amides is 3. The Kier molecular flexibility index (Phi) is 4.29. The van der Waals surface area contributed by atoms with Gasteiger partial charge in [0.15, 0.2) is 0 Å². The summed E-state index contributed by atoms with van der Waals surface area (Å²) in [7, 11) is 0. The summed E-state index contributed by atoms with van der Waals surface area (Å²) in [5, 5.41) is 0.667. The van der Waals surface area contributed by atoms with Crippen LogP contribution in [-0.4, -0.2) is 41.8 Å². The van der Waals surface area contributed by atoms with Gasteiger partial charge in [-0.15, -0.1) is 0 Å². The molecule has 4 aliphatic heterocycles. The van der Waals surface area contributed by atoms with E-state index in [0.717, 1.165) is 24.1 Å². The maximum absolute atomic E-state index is 14.1. The molecule has 0 N–H and O–H groups in total. The van der Waals surface area contributed by atoms with Crippen LogP contribution in [0.15, 0.2) is 42.5 Å². The topological polar surface area (TPSA) is 60.9 Å². The monoisotopic (exact) mass is 469 g/mol. The van der Waals surface area contributed by atoms with Crippen molar-refractivity contribution in [2.24, 2.45) is 11.8 Å². The van der Waals surface area contributed by atoms with Crippen LogP contribution in [0.25, 0.3) is 0 Å². The number of benzene rings is 2. The van der Waals surface area contributed by atoms with E-state index in [1.807, 2.05) is 31.2 Å². The van der Waals surface area contributed by atoms with Crippen LogP contribution in [-0.2, 0) is 19.9 Å². The zero-order valence-electron chi connectivity index (χ0n) is 17.4. The average molecular weight is 470 g/mol. The fourth-order valence-corrected chi connectivity index (χ4v) is 6.92. The number of hydrogen-bond donors (Lipinski definition) is 0. The molecule has 4 aliphatic rings. The van der Waals surface area contributed by atoms with Crippen LogP contribution in [0.2, 0.25) is 10.0 Å². The van der Waals surface area contributed by atoms with Crippen molar-refractivity contribution in [3.05, 3.63) is 58.1 Å². The summed E-state index contributed by atoms with van der Waals surface area (Å²) in [4.78, 5) is 46.9. The van der Waals surface area contributed by atoms with Crippen molar-refractivity contribution >= 4 is 52.3 Å². The number of likely N-dealkylation sites (N-methyl/N-ethyl adjacent to an activating group) is 1. The van der Waals surface area contributed by atoms with Crippen molar-refractivity contribution in [1.29, 1.82) is 0 Å². The van der Waals surface area contributed by atoms with Crippen molar-refractivity contribution in [2.75, 3.05) is 22.9 Å². The van der Waals surface area contributed by atoms with Gasteiger partial charge in [-0.05, 0) is 50.6 Å². The normalized spacial score (nSPS) is 31.1. The van der Waals surface area contributed by atoms with E-state index in [0.29, 0.717) is 18.1 Å². The van der Waals surface area contributed by atoms with Gasteiger partial charge in [-0.3, -0.25) is 19.3 Å². The van der Waals surface area contributed by atoms with Crippen molar-refractivity contribution in [1.82, 2.24) is 4.90 Å². The van der Waals surface area contributed by atoms with E-state index in [1.165, 1.54) is 4.90 Å². The summed E-state index contributed by atoms with van der Waals surface area (Å²) in [5.74, 6) is -2.16. The zero-order chi connectivity index (χ0) is 22.4. The number of halogens is 2. The second-order valence-corrected chi connectivity index (χ2v) is 9.69. The lowest BCUT2D eigenvalue weighted by Crippen LogP contribution is -2.56. The molecule has 2 aromatic carbocycles. The fraction of sp³-hybridized carbons (Fsp3) is 0.375. The lowest BCUT2D eigenvalue weighted by atomic mass is 9.75. The van der Waals surface area contributed by atoms with Crippen LogP contribution in [0, 0.1) is 11.8 Å². The molecule has 32 heavy (non-hydrogen) atoms. The first-order chi connectivity index (χ1) is 15.4. The molecule has 6 nitrogen and oxygen atoms in total. The molecule has 0 bridgehead atoms. The van der Waals surface area contributed by atoms with Crippen LogP contribution in [0.4, 0.5) is 11.4 Å². The molecule has 2 aromatic rings. The number of carbonyl (C=O) groups excluding carboxylic acids is 3. The number of imide groups is 1. The van der Waals surface area contributed by atoms with Gasteiger partial charge in [0.1, 0.15) is 5.54 Å². The van der Waals surface area contributed by atoms with Gasteiger partial charge in [0.2, 0.25) is 11.8 Å². The quantitative estimate of drug-likeness (QED) is 0.626. The number of anilines is 2. The molecule has 0 aliphatic carbocycles. The third-order valence-electron chi connectivity index (χ3n) is 7.61. The Morgan fingerprint density at radius 1 is 1.03 bits per heavy atom. The number of hydrogen-bond acceptors (Lipinski definition) is 4. The second-order valence-electron chi connectivity index (χ2n) is 8.85. The molecule has 3 amide bonds. The van der Waals surface area contributed by atoms with Crippen molar-refractivity contribution in [2.45, 2.75) is 31.3 Å². The molecule has 3 fully saturated rings. The van der Waals surface area contributed by atoms with Gasteiger partial charge in [-0.25, -0.2) is 4.90 Å². The van der Waals surface area contributed by atoms with E-state index in [1.54, 1.807) is 23.1 Å². The van der Waals surface area contributed by atoms with Gasteiger partial charge in [0.25, 0.3) is 5.91 Å². The summed E-state index contributed by atoms with van der Waals surface area (Å²) in [6.07, 6.45) is 1.66. The molecular weight excluding hydrogens is 449 g/mol. The maximum Gasteiger partial charge on any atom is 0.253 e. The highest BCUT2D eigenvalue weighted by molar-refractivity contribution is 6.38. The van der Waals surface area contributed by atoms with Crippen molar-refractivity contribution in [3.63, 3.8) is 0 Å². The standard InChI is InChI=1S/C24H21Cl2N3O3/c1-2-27-16-7-4-3-6-14(16)24(23(27)32)20-19(17-8-5-11-28(17)24)21(30)29(22(20)31)18-12-13(25)9-10-15(18)26/h3-4,6-7,9-10,12,17,19-20H,2,5,8,11H2,1H3/t17-,19+,20+,24+/m1/s1. The van der Waals surface area contributed by atoms with E-state index in [2.05, 4.69) is 4.90 Å². The molecule has 164 valence electrons. The van der Waals surface area contributed by atoms with Crippen molar-refractivity contribution < 1.29 is 14.4 Å². The Balaban J connectivity index is 1.58. The molecule has 6 rings (SSSR count). The number of para-hydroxylation sites is 1. The minimum atomic E-state index is -1.16. The van der Waals surface area contributed by atoms with Gasteiger partial charge >= 0.3 is 0 Å². The van der Waals surface area contributed by atoms with Crippen molar-refractivity contribution in [3.8, 4) is 0 Å². The van der Waals surface area contributed by atoms with Gasteiger partial charge in [0, 0.05) is 28.9 Å². The van der Waals surface area contributed by atoms with Gasteiger partial charge in [-0.1, -0.05) is 41.4 Å². The predicted octanol–water partition coefficient (Wildman–Crippen LogP) is 3.84. The highest BCUT2D eigenvalue weighted by atomic mass is 35.5. The minimum absolute atomic E-state index is 0.110. The Morgan fingerprint density at radius 3 is 2.59 bits per heavy atom. The number of carbonyl (C=O) groups is 3. The molecule has 4 atom stereocenters. The molecule has 4 heterocycles. The van der Waals surface area contributed by atoms with Gasteiger partial charge in [-0.2, -0.15) is 0 Å². The molecule has 0 saturated carbocycles. The zero-order valence-corrected chi connectivity index (χ0v) is 18.9. The molecule has 0 radical (unpaired) electrons. The van der Waals surface area contributed by atoms with Crippen LogP contribution >= 0.6 is 23.2 Å². The Hall–Kier alpha value is -2.41. The maximum atomic E-state index is 14.1. The summed E-state index contributed by atoms with van der Waals surface area (Å²) in [5.41, 5.74) is 0.775. The first-order valence-electron chi connectivity index (χ1n) is 10.9. The molecule has 0 aromatic heterocycles. The van der Waals surface area contributed by atoms with E-state index in [9.17, 15) is 14.4 Å². The summed E-state index contributed by atoms with van der Waals surface area (Å²) in [6, 6.07) is 12.3. The Morgan fingerprint density at radius 2 is 1.81 bits per heavy atom. The summed E-state index contributed by atoms with van der Waals surface area (Å²) < 4.78 is 0. The number of fused-ring (bicyclic) bond motifs is 7. The average Bonchev–Trinajstić information content (AvgIpc) is 3.48. The number of nitrogens with zero attached hydrogens (tertiary/aromatic N) is 3. The summed E-state index contributed by atoms with van der Waals surface area (Å²) >= 11 is 12.6. The fourth-order valence-electron chi connectivity index (χ4n) is 6.55. The van der Waals surface area contributed by atoms with E-state index in [4.69, 9.17) is 23.2 Å². The van der Waals surface area contributed by atoms with E-state index in [-0.39, 0.29) is 34.5 Å². The van der Waals surface area contributed by atoms with Crippen LogP contribution in [0.1, 0.15) is 25.3 Å². The van der Waals surface area contributed by atoms with E-state index < -0.39 is 17.4 Å². The number of rotatable bonds is 2. The molecule has 3 saturated heterocycles. The lowest BCUT2D eigenvalue weighted by molar-refractivity contribution is -0.137. The predicted molar refractivity (Wildman–Crippen MR) is 122 cm³/mol. The van der Waals surface area contributed by atoms with E-state index >= 15 is 0 Å². The highest BCUT2D eigenvalue weighted by Gasteiger charge is 2.75. The molecule has 0 unspecified atom stereocenters. The Labute approximate surface area is 195 Å². The highest BCUT2D eigenvalue weighted by Crippen LogP contribution is 2.62. The lowest BCUT2D eigenvalue weighted by Gasteiger charge is -2.37. The van der Waals surface area contributed by atoms with Crippen LogP contribution < -0.4 is 9.80 Å². The smallest absolute Gasteiger partial charge is 0.253 e. The van der Waals surface area contributed by atoms with Crippen LogP contribution in [0.3, 0.4) is 0 Å². The molecule has 1 spiro atoms. The third-order valence-corrected chi connectivity index (χ3v) is 8.16. The largest absolute Gasteiger partial charge is 0.310 e. The summed E-state index contributed by atoms with van der Waals surface area (Å²) in [6.45, 7) is 3.12. The minimum Gasteiger partial charge on any atom is -0.310 e. The molecular formula is C24H21Cl2N3O3. The van der Waals surface area contributed by atoms with Crippen LogP contribution in [0.5, 0.6) is 0 Å². The molecule has 8 heteroatoms. The first-order valence-corrected chi connectivity index (χ1v) is 11.7. The van der Waals surface area contributed by atoms with Gasteiger partial charge < -0.3 is 4.90 Å². The second kappa shape index (κ2) is 6.80. The third kappa shape index (κ3) is 2.23. The SMILES string of the molecule is CCN1C(=O)[C@]2(c3ccccc31)[C@@H]1C(=O)N(c3cc(Cl)ccc3Cl)C(=O)[C@H]1[C@H]1CCCN12. The Bertz CT molecular complexity index is 1200.